The number of rotatable bonds is 4. The minimum atomic E-state index is -0.553. The molecule has 1 saturated heterocycles. The van der Waals surface area contributed by atoms with Crippen LogP contribution in [0.2, 0.25) is 0 Å². The van der Waals surface area contributed by atoms with E-state index in [0.717, 1.165) is 37.6 Å². The van der Waals surface area contributed by atoms with Gasteiger partial charge in [0.1, 0.15) is 11.4 Å². The van der Waals surface area contributed by atoms with Crippen LogP contribution in [0.25, 0.3) is 0 Å². The van der Waals surface area contributed by atoms with Gasteiger partial charge in [-0.1, -0.05) is 0 Å². The molecule has 1 unspecified atom stereocenters. The fraction of sp³-hybridized carbons (Fsp3) is 0.778. The van der Waals surface area contributed by atoms with E-state index in [4.69, 9.17) is 4.74 Å². The highest BCUT2D eigenvalue weighted by atomic mass is 16.6. The summed E-state index contributed by atoms with van der Waals surface area (Å²) in [5.41, 5.74) is -0.553. The molecule has 3 rings (SSSR count). The number of nitrogens with one attached hydrogen (secondary N) is 2. The molecule has 10 nitrogen and oxygen atoms in total. The van der Waals surface area contributed by atoms with Crippen molar-refractivity contribution in [2.24, 2.45) is 0 Å². The minimum Gasteiger partial charge on any atom is -0.444 e. The lowest BCUT2D eigenvalue weighted by molar-refractivity contribution is 0.0486. The average molecular weight is 393 g/mol. The van der Waals surface area contributed by atoms with Crippen molar-refractivity contribution in [2.45, 2.75) is 58.3 Å². The second kappa shape index (κ2) is 8.34. The van der Waals surface area contributed by atoms with E-state index in [2.05, 4.69) is 30.3 Å². The largest absolute Gasteiger partial charge is 0.444 e. The first-order valence-corrected chi connectivity index (χ1v) is 9.84. The Bertz CT molecular complexity index is 713. The summed E-state index contributed by atoms with van der Waals surface area (Å²) in [5, 5.41) is 14.1. The van der Waals surface area contributed by atoms with E-state index >= 15 is 0 Å². The minimum absolute atomic E-state index is 0.129. The van der Waals surface area contributed by atoms with Gasteiger partial charge in [-0.05, 0) is 34.2 Å². The molecular formula is C18H31N7O3. The van der Waals surface area contributed by atoms with Crippen LogP contribution in [0.4, 0.5) is 9.59 Å². The number of likely N-dealkylation sites (N-methyl/N-ethyl adjacent to an activating group) is 1. The summed E-state index contributed by atoms with van der Waals surface area (Å²) < 4.78 is 7.36. The van der Waals surface area contributed by atoms with Gasteiger partial charge in [0.15, 0.2) is 5.82 Å². The number of carbonyl (C=O) groups excluding carboxylic acids is 2. The molecule has 0 aliphatic carbocycles. The van der Waals surface area contributed by atoms with Gasteiger partial charge in [-0.15, -0.1) is 10.2 Å². The summed E-state index contributed by atoms with van der Waals surface area (Å²) in [6.45, 7) is 9.13. The molecule has 1 aromatic rings. The van der Waals surface area contributed by atoms with Gasteiger partial charge in [-0.25, -0.2) is 9.59 Å². The van der Waals surface area contributed by atoms with Crippen LogP contribution in [0.3, 0.4) is 0 Å². The van der Waals surface area contributed by atoms with E-state index in [1.807, 2.05) is 27.8 Å². The molecule has 10 heteroatoms. The number of amides is 3. The number of alkyl carbamates (subject to hydrolysis) is 1. The molecule has 2 N–H and O–H groups in total. The first-order valence-electron chi connectivity index (χ1n) is 9.84. The Morgan fingerprint density at radius 2 is 1.96 bits per heavy atom. The molecule has 2 aliphatic rings. The molecule has 28 heavy (non-hydrogen) atoms. The van der Waals surface area contributed by atoms with E-state index < -0.39 is 11.7 Å². The molecule has 0 saturated carbocycles. The topological polar surface area (TPSA) is 105 Å². The first-order chi connectivity index (χ1) is 13.2. The number of aryl methyl sites for hydroxylation is 1. The van der Waals surface area contributed by atoms with Crippen LogP contribution >= 0.6 is 0 Å². The Balaban J connectivity index is 1.54. The number of hydrogen-bond donors (Lipinski definition) is 2. The van der Waals surface area contributed by atoms with Crippen molar-refractivity contribution < 1.29 is 14.3 Å². The van der Waals surface area contributed by atoms with Crippen molar-refractivity contribution in [1.29, 1.82) is 0 Å². The first kappa shape index (κ1) is 20.4. The zero-order valence-corrected chi connectivity index (χ0v) is 17.2. The maximum Gasteiger partial charge on any atom is 0.407 e. The molecule has 1 atom stereocenters. The molecule has 0 bridgehead atoms. The van der Waals surface area contributed by atoms with E-state index in [1.54, 1.807) is 4.90 Å². The predicted molar refractivity (Wildman–Crippen MR) is 103 cm³/mol. The number of carbonyl (C=O) groups is 2. The van der Waals surface area contributed by atoms with Crippen LogP contribution in [0.5, 0.6) is 0 Å². The number of nitrogens with zero attached hydrogens (tertiary/aromatic N) is 5. The third kappa shape index (κ3) is 5.12. The third-order valence-electron chi connectivity index (χ3n) is 4.91. The molecular weight excluding hydrogens is 362 g/mol. The highest BCUT2D eigenvalue weighted by Gasteiger charge is 2.30. The lowest BCUT2D eigenvalue weighted by Gasteiger charge is -2.40. The number of urea groups is 1. The van der Waals surface area contributed by atoms with Gasteiger partial charge in [-0.2, -0.15) is 0 Å². The highest BCUT2D eigenvalue weighted by Crippen LogP contribution is 2.14. The van der Waals surface area contributed by atoms with Crippen LogP contribution in [-0.2, 0) is 24.2 Å². The van der Waals surface area contributed by atoms with Crippen molar-refractivity contribution in [3.63, 3.8) is 0 Å². The van der Waals surface area contributed by atoms with Gasteiger partial charge in [0, 0.05) is 39.1 Å². The highest BCUT2D eigenvalue weighted by molar-refractivity contribution is 5.75. The molecule has 0 aromatic carbocycles. The summed E-state index contributed by atoms with van der Waals surface area (Å²) in [7, 11) is 2.01. The van der Waals surface area contributed by atoms with Gasteiger partial charge in [0.25, 0.3) is 0 Å². The summed E-state index contributed by atoms with van der Waals surface area (Å²) in [4.78, 5) is 28.7. The van der Waals surface area contributed by atoms with E-state index in [9.17, 15) is 9.59 Å². The quantitative estimate of drug-likeness (QED) is 0.775. The Labute approximate surface area is 165 Å². The number of aromatic nitrogens is 3. The lowest BCUT2D eigenvalue weighted by atomic mass is 10.2. The van der Waals surface area contributed by atoms with Gasteiger partial charge in [0.05, 0.1) is 12.6 Å². The zero-order chi connectivity index (χ0) is 20.3. The second-order valence-corrected chi connectivity index (χ2v) is 8.44. The van der Waals surface area contributed by atoms with E-state index in [0.29, 0.717) is 26.2 Å². The Kier molecular flexibility index (Phi) is 6.07. The van der Waals surface area contributed by atoms with E-state index in [1.165, 1.54) is 0 Å². The molecule has 3 amide bonds. The monoisotopic (exact) mass is 393 g/mol. The van der Waals surface area contributed by atoms with Gasteiger partial charge in [-0.3, -0.25) is 0 Å². The van der Waals surface area contributed by atoms with Crippen molar-refractivity contribution in [1.82, 2.24) is 35.2 Å². The van der Waals surface area contributed by atoms with Gasteiger partial charge in [0.2, 0.25) is 0 Å². The van der Waals surface area contributed by atoms with Crippen molar-refractivity contribution >= 4 is 12.1 Å². The molecule has 1 aromatic heterocycles. The van der Waals surface area contributed by atoms with Crippen LogP contribution in [-0.4, -0.2) is 81.6 Å². The SMILES string of the molecule is CN1CCN(C(=O)NCc2nnc3n2CCC3)C(CNC(=O)OC(C)(C)C)C1. The summed E-state index contributed by atoms with van der Waals surface area (Å²) >= 11 is 0. The zero-order valence-electron chi connectivity index (χ0n) is 17.2. The number of fused-ring (bicyclic) bond motifs is 1. The smallest absolute Gasteiger partial charge is 0.407 e. The Morgan fingerprint density at radius 1 is 1.18 bits per heavy atom. The number of piperazine rings is 1. The number of hydrogen-bond acceptors (Lipinski definition) is 6. The standard InChI is InChI=1S/C18H31N7O3/c1-18(2,3)28-17(27)20-10-13-12-23(4)8-9-24(13)16(26)19-11-15-22-21-14-6-5-7-25(14)15/h13H,5-12H2,1-4H3,(H,19,26)(H,20,27). The predicted octanol–water partition coefficient (Wildman–Crippen LogP) is 0.575. The van der Waals surface area contributed by atoms with Crippen molar-refractivity contribution in [3.8, 4) is 0 Å². The fourth-order valence-electron chi connectivity index (χ4n) is 3.57. The molecule has 1 fully saturated rings. The molecule has 2 aliphatic heterocycles. The lowest BCUT2D eigenvalue weighted by Crippen LogP contribution is -2.60. The summed E-state index contributed by atoms with van der Waals surface area (Å²) in [6.07, 6.45) is 1.54. The second-order valence-electron chi connectivity index (χ2n) is 8.44. The Morgan fingerprint density at radius 3 is 2.71 bits per heavy atom. The molecule has 0 radical (unpaired) electrons. The Hall–Kier alpha value is -2.36. The van der Waals surface area contributed by atoms with Crippen LogP contribution in [0.1, 0.15) is 38.8 Å². The maximum atomic E-state index is 12.8. The van der Waals surface area contributed by atoms with Gasteiger partial charge < -0.3 is 29.7 Å². The van der Waals surface area contributed by atoms with Crippen LogP contribution < -0.4 is 10.6 Å². The average Bonchev–Trinajstić information content (AvgIpc) is 3.20. The molecule has 0 spiro atoms. The maximum absolute atomic E-state index is 12.8. The molecule has 3 heterocycles. The van der Waals surface area contributed by atoms with Crippen LogP contribution in [0.15, 0.2) is 0 Å². The molecule has 156 valence electrons. The van der Waals surface area contributed by atoms with Crippen molar-refractivity contribution in [2.75, 3.05) is 33.2 Å². The van der Waals surface area contributed by atoms with Gasteiger partial charge >= 0.3 is 12.1 Å². The van der Waals surface area contributed by atoms with Crippen molar-refractivity contribution in [3.05, 3.63) is 11.6 Å². The van der Waals surface area contributed by atoms with E-state index in [-0.39, 0.29) is 12.1 Å². The normalized spacial score (nSPS) is 20.0. The summed E-state index contributed by atoms with van der Waals surface area (Å²) in [6, 6.07) is -0.283. The van der Waals surface area contributed by atoms with Crippen LogP contribution in [0, 0.1) is 0 Å². The third-order valence-corrected chi connectivity index (χ3v) is 4.91. The summed E-state index contributed by atoms with van der Waals surface area (Å²) in [5.74, 6) is 1.78. The number of ether oxygens (including phenoxy) is 1. The fourth-order valence-corrected chi connectivity index (χ4v) is 3.57.